The van der Waals surface area contributed by atoms with E-state index in [1.807, 2.05) is 36.4 Å². The van der Waals surface area contributed by atoms with Gasteiger partial charge in [-0.15, -0.1) is 23.1 Å². The number of nitrogens with zero attached hydrogens (tertiary/aromatic N) is 1. The van der Waals surface area contributed by atoms with Gasteiger partial charge in [-0.25, -0.2) is 4.98 Å². The van der Waals surface area contributed by atoms with Crippen LogP contribution in [0.4, 0.5) is 5.69 Å². The zero-order valence-corrected chi connectivity index (χ0v) is 13.5. The zero-order chi connectivity index (χ0) is 14.7. The Bertz CT molecular complexity index is 721. The molecular formula is C16H13ClN2S2. The number of thioether (sulfide) groups is 1. The molecule has 0 saturated heterocycles. The summed E-state index contributed by atoms with van der Waals surface area (Å²) in [7, 11) is 0. The molecule has 5 heteroatoms. The first-order chi connectivity index (χ1) is 10.2. The Morgan fingerprint density at radius 2 is 1.90 bits per heavy atom. The molecule has 0 unspecified atom stereocenters. The predicted molar refractivity (Wildman–Crippen MR) is 93.0 cm³/mol. The molecule has 0 atom stereocenters. The van der Waals surface area contributed by atoms with Crippen molar-refractivity contribution in [3.05, 3.63) is 64.6 Å². The highest BCUT2D eigenvalue weighted by Gasteiger charge is 2.08. The number of aromatic nitrogens is 1. The zero-order valence-electron chi connectivity index (χ0n) is 11.1. The van der Waals surface area contributed by atoms with Crippen molar-refractivity contribution >= 4 is 40.4 Å². The first kappa shape index (κ1) is 14.4. The van der Waals surface area contributed by atoms with E-state index in [-0.39, 0.29) is 0 Å². The summed E-state index contributed by atoms with van der Waals surface area (Å²) in [6.45, 7) is 0. The maximum Gasteiger partial charge on any atom is 0.123 e. The first-order valence-electron chi connectivity index (χ1n) is 6.40. The lowest BCUT2D eigenvalue weighted by molar-refractivity contribution is 1.23. The number of nitrogens with two attached hydrogens (primary N) is 1. The van der Waals surface area contributed by atoms with Crippen molar-refractivity contribution < 1.29 is 0 Å². The van der Waals surface area contributed by atoms with Crippen molar-refractivity contribution in [2.24, 2.45) is 0 Å². The average molecular weight is 333 g/mol. The van der Waals surface area contributed by atoms with Gasteiger partial charge in [-0.2, -0.15) is 0 Å². The van der Waals surface area contributed by atoms with Crippen LogP contribution in [0.15, 0.2) is 58.8 Å². The van der Waals surface area contributed by atoms with Crippen LogP contribution in [0.25, 0.3) is 10.6 Å². The van der Waals surface area contributed by atoms with E-state index in [1.54, 1.807) is 23.1 Å². The van der Waals surface area contributed by atoms with Gasteiger partial charge in [0.1, 0.15) is 5.01 Å². The quantitative estimate of drug-likeness (QED) is 0.518. The number of hydrogen-bond donors (Lipinski definition) is 1. The molecule has 0 aliphatic heterocycles. The van der Waals surface area contributed by atoms with E-state index >= 15 is 0 Å². The molecule has 0 amide bonds. The van der Waals surface area contributed by atoms with Crippen molar-refractivity contribution in [1.82, 2.24) is 4.98 Å². The molecule has 1 aromatic heterocycles. The Morgan fingerprint density at radius 1 is 1.10 bits per heavy atom. The highest BCUT2D eigenvalue weighted by Crippen LogP contribution is 2.35. The Balaban J connectivity index is 1.74. The van der Waals surface area contributed by atoms with Gasteiger partial charge in [-0.3, -0.25) is 0 Å². The summed E-state index contributed by atoms with van der Waals surface area (Å²) in [5.41, 5.74) is 8.87. The lowest BCUT2D eigenvalue weighted by Crippen LogP contribution is -1.90. The number of halogens is 1. The minimum atomic E-state index is 0.693. The third-order valence-corrected chi connectivity index (χ3v) is 5.49. The van der Waals surface area contributed by atoms with Crippen LogP contribution >= 0.6 is 34.7 Å². The number of benzene rings is 2. The second kappa shape index (κ2) is 6.52. The molecular weight excluding hydrogens is 320 g/mol. The third-order valence-electron chi connectivity index (χ3n) is 2.93. The van der Waals surface area contributed by atoms with Crippen molar-refractivity contribution in [1.29, 1.82) is 0 Å². The molecule has 0 saturated carbocycles. The molecule has 0 spiro atoms. The van der Waals surface area contributed by atoms with Gasteiger partial charge in [0.2, 0.25) is 0 Å². The van der Waals surface area contributed by atoms with Crippen LogP contribution in [0, 0.1) is 0 Å². The Labute approximate surface area is 137 Å². The summed E-state index contributed by atoms with van der Waals surface area (Å²) in [5.74, 6) is 0.761. The summed E-state index contributed by atoms with van der Waals surface area (Å²) in [4.78, 5) is 5.59. The fourth-order valence-electron chi connectivity index (χ4n) is 1.91. The Hall–Kier alpha value is -1.49. The van der Waals surface area contributed by atoms with E-state index < -0.39 is 0 Å². The Morgan fingerprint density at radius 3 is 2.67 bits per heavy atom. The summed E-state index contributed by atoms with van der Waals surface area (Å²) in [6, 6.07) is 15.8. The van der Waals surface area contributed by atoms with Gasteiger partial charge in [-0.1, -0.05) is 48.0 Å². The minimum Gasteiger partial charge on any atom is -0.398 e. The van der Waals surface area contributed by atoms with E-state index in [9.17, 15) is 0 Å². The lowest BCUT2D eigenvalue weighted by atomic mass is 10.2. The largest absolute Gasteiger partial charge is 0.398 e. The van der Waals surface area contributed by atoms with Crippen LogP contribution in [0.1, 0.15) is 5.69 Å². The predicted octanol–water partition coefficient (Wildman–Crippen LogP) is 5.34. The topological polar surface area (TPSA) is 38.9 Å². The molecule has 1 heterocycles. The van der Waals surface area contributed by atoms with Gasteiger partial charge >= 0.3 is 0 Å². The van der Waals surface area contributed by atoms with Gasteiger partial charge in [0.25, 0.3) is 0 Å². The van der Waals surface area contributed by atoms with Crippen LogP contribution in [-0.4, -0.2) is 4.98 Å². The molecule has 3 rings (SSSR count). The standard InChI is InChI=1S/C16H13ClN2S2/c17-13-7-4-8-14(18)15(13)20-9-12-10-21-16(19-12)11-5-2-1-3-6-11/h1-8,10H,9,18H2. The number of rotatable bonds is 4. The molecule has 0 aliphatic carbocycles. The molecule has 2 N–H and O–H groups in total. The summed E-state index contributed by atoms with van der Waals surface area (Å²) in [5, 5.41) is 3.82. The van der Waals surface area contributed by atoms with E-state index in [4.69, 9.17) is 17.3 Å². The van der Waals surface area contributed by atoms with Gasteiger partial charge in [0.15, 0.2) is 0 Å². The van der Waals surface area contributed by atoms with E-state index in [0.717, 1.165) is 26.9 Å². The van der Waals surface area contributed by atoms with Gasteiger partial charge in [-0.05, 0) is 12.1 Å². The van der Waals surface area contributed by atoms with Crippen molar-refractivity contribution in [3.63, 3.8) is 0 Å². The van der Waals surface area contributed by atoms with E-state index in [0.29, 0.717) is 10.7 Å². The van der Waals surface area contributed by atoms with Gasteiger partial charge < -0.3 is 5.73 Å². The third kappa shape index (κ3) is 3.40. The summed E-state index contributed by atoms with van der Waals surface area (Å²) in [6.07, 6.45) is 0. The monoisotopic (exact) mass is 332 g/mol. The van der Waals surface area contributed by atoms with Gasteiger partial charge in [0, 0.05) is 27.3 Å². The molecule has 0 bridgehead atoms. The van der Waals surface area contributed by atoms with Crippen LogP contribution in [-0.2, 0) is 5.75 Å². The fraction of sp³-hybridized carbons (Fsp3) is 0.0625. The normalized spacial score (nSPS) is 10.7. The molecule has 21 heavy (non-hydrogen) atoms. The van der Waals surface area contributed by atoms with Crippen LogP contribution in [0.5, 0.6) is 0 Å². The number of anilines is 1. The van der Waals surface area contributed by atoms with E-state index in [1.165, 1.54) is 0 Å². The maximum atomic E-state index is 6.18. The molecule has 106 valence electrons. The fourth-order valence-corrected chi connectivity index (χ4v) is 4.07. The first-order valence-corrected chi connectivity index (χ1v) is 8.65. The highest BCUT2D eigenvalue weighted by atomic mass is 35.5. The molecule has 0 radical (unpaired) electrons. The van der Waals surface area contributed by atoms with Crippen LogP contribution in [0.3, 0.4) is 0 Å². The smallest absolute Gasteiger partial charge is 0.123 e. The Kier molecular flexibility index (Phi) is 4.48. The van der Waals surface area contributed by atoms with Crippen LogP contribution in [0.2, 0.25) is 5.02 Å². The molecule has 0 aliphatic rings. The molecule has 0 fully saturated rings. The average Bonchev–Trinajstić information content (AvgIpc) is 2.97. The summed E-state index contributed by atoms with van der Waals surface area (Å²) < 4.78 is 0. The maximum absolute atomic E-state index is 6.18. The van der Waals surface area contributed by atoms with Crippen molar-refractivity contribution in [3.8, 4) is 10.6 Å². The number of hydrogen-bond acceptors (Lipinski definition) is 4. The number of nitrogen functional groups attached to an aromatic ring is 1. The second-order valence-electron chi connectivity index (χ2n) is 4.46. The number of thiazole rings is 1. The molecule has 2 aromatic carbocycles. The highest BCUT2D eigenvalue weighted by molar-refractivity contribution is 7.98. The summed E-state index contributed by atoms with van der Waals surface area (Å²) >= 11 is 9.46. The minimum absolute atomic E-state index is 0.693. The van der Waals surface area contributed by atoms with Gasteiger partial charge in [0.05, 0.1) is 10.7 Å². The lowest BCUT2D eigenvalue weighted by Gasteiger charge is -2.06. The molecule has 3 aromatic rings. The van der Waals surface area contributed by atoms with E-state index in [2.05, 4.69) is 22.5 Å². The van der Waals surface area contributed by atoms with Crippen molar-refractivity contribution in [2.45, 2.75) is 10.6 Å². The van der Waals surface area contributed by atoms with Crippen LogP contribution < -0.4 is 5.73 Å². The molecule has 2 nitrogen and oxygen atoms in total. The SMILES string of the molecule is Nc1cccc(Cl)c1SCc1csc(-c2ccccc2)n1. The second-order valence-corrected chi connectivity index (χ2v) is 6.71. The van der Waals surface area contributed by atoms with Crippen molar-refractivity contribution in [2.75, 3.05) is 5.73 Å².